The van der Waals surface area contributed by atoms with E-state index in [0.29, 0.717) is 39.1 Å². The highest BCUT2D eigenvalue weighted by molar-refractivity contribution is 5.86. The van der Waals surface area contributed by atoms with Crippen molar-refractivity contribution in [3.8, 4) is 0 Å². The zero-order valence-electron chi connectivity index (χ0n) is 24.6. The van der Waals surface area contributed by atoms with Crippen molar-refractivity contribution in [2.75, 3.05) is 39.8 Å². The summed E-state index contributed by atoms with van der Waals surface area (Å²) in [6.07, 6.45) is 0.638. The highest BCUT2D eigenvalue weighted by Gasteiger charge is 2.56. The molecule has 2 saturated heterocycles. The minimum Gasteiger partial charge on any atom is -0.480 e. The first-order valence-electron chi connectivity index (χ1n) is 14.7. The van der Waals surface area contributed by atoms with E-state index in [2.05, 4.69) is 41.3 Å². The number of aliphatic carboxylic acids is 1. The van der Waals surface area contributed by atoms with Crippen LogP contribution in [0.15, 0.2) is 91.0 Å². The summed E-state index contributed by atoms with van der Waals surface area (Å²) in [5, 5.41) is 9.67. The fraction of sp³-hybridized carbons (Fsp3) is 0.382. The van der Waals surface area contributed by atoms with Gasteiger partial charge in [-0.2, -0.15) is 0 Å². The minimum atomic E-state index is -1.01. The Balaban J connectivity index is 1.38. The van der Waals surface area contributed by atoms with Crippen LogP contribution >= 0.6 is 0 Å². The molecule has 220 valence electrons. The SMILES string of the molecule is CC(C)C(C(=O)O)N(C)C(=O)N1CCCN(C(=O)C2C[N@@]2C(c2ccccc2)(c2ccccc2)c2ccccc2)CC1. The summed E-state index contributed by atoms with van der Waals surface area (Å²) in [6, 6.07) is 29.6. The number of carbonyl (C=O) groups excluding carboxylic acids is 2. The topological polar surface area (TPSA) is 84.2 Å². The Hall–Kier alpha value is -4.17. The molecule has 8 heteroatoms. The molecule has 5 rings (SSSR count). The first-order chi connectivity index (χ1) is 20.3. The predicted octanol–water partition coefficient (Wildman–Crippen LogP) is 4.36. The molecular weight excluding hydrogens is 528 g/mol. The van der Waals surface area contributed by atoms with Gasteiger partial charge in [0.25, 0.3) is 0 Å². The second-order valence-corrected chi connectivity index (χ2v) is 11.6. The van der Waals surface area contributed by atoms with Crippen LogP contribution in [0.4, 0.5) is 4.79 Å². The van der Waals surface area contributed by atoms with Gasteiger partial charge in [-0.3, -0.25) is 9.69 Å². The first-order valence-corrected chi connectivity index (χ1v) is 14.7. The fourth-order valence-electron chi connectivity index (χ4n) is 6.54. The number of carboxylic acids is 1. The maximum absolute atomic E-state index is 14.1. The van der Waals surface area contributed by atoms with Crippen molar-refractivity contribution in [3.05, 3.63) is 108 Å². The van der Waals surface area contributed by atoms with Gasteiger partial charge < -0.3 is 19.8 Å². The molecule has 0 spiro atoms. The maximum atomic E-state index is 14.1. The third-order valence-corrected chi connectivity index (χ3v) is 8.58. The van der Waals surface area contributed by atoms with Crippen molar-refractivity contribution < 1.29 is 19.5 Å². The van der Waals surface area contributed by atoms with Crippen LogP contribution in [-0.2, 0) is 15.1 Å². The van der Waals surface area contributed by atoms with E-state index in [9.17, 15) is 19.5 Å². The molecule has 0 bridgehead atoms. The Morgan fingerprint density at radius 3 is 1.67 bits per heavy atom. The number of rotatable bonds is 8. The summed E-state index contributed by atoms with van der Waals surface area (Å²) in [6.45, 7) is 6.03. The zero-order chi connectivity index (χ0) is 29.9. The van der Waals surface area contributed by atoms with Gasteiger partial charge in [-0.1, -0.05) is 105 Å². The monoisotopic (exact) mass is 568 g/mol. The number of hydrogen-bond acceptors (Lipinski definition) is 4. The van der Waals surface area contributed by atoms with Gasteiger partial charge in [0.15, 0.2) is 0 Å². The first kappa shape index (κ1) is 29.3. The van der Waals surface area contributed by atoms with Gasteiger partial charge >= 0.3 is 12.0 Å². The number of benzene rings is 3. The summed E-state index contributed by atoms with van der Waals surface area (Å²) in [7, 11) is 1.55. The fourth-order valence-corrected chi connectivity index (χ4v) is 6.54. The second-order valence-electron chi connectivity index (χ2n) is 11.6. The highest BCUT2D eigenvalue weighted by atomic mass is 16.4. The number of carbonyl (C=O) groups is 3. The molecule has 0 radical (unpaired) electrons. The normalized spacial score (nSPS) is 19.6. The van der Waals surface area contributed by atoms with Crippen LogP contribution in [-0.4, -0.2) is 94.5 Å². The molecule has 3 amide bonds. The number of amides is 3. The number of urea groups is 1. The molecule has 3 aromatic rings. The van der Waals surface area contributed by atoms with Crippen LogP contribution in [0.25, 0.3) is 0 Å². The number of nitrogens with zero attached hydrogens (tertiary/aromatic N) is 4. The summed E-state index contributed by atoms with van der Waals surface area (Å²) in [5.74, 6) is -1.17. The van der Waals surface area contributed by atoms with Crippen LogP contribution in [0.3, 0.4) is 0 Å². The molecule has 1 N–H and O–H groups in total. The Kier molecular flexibility index (Phi) is 8.64. The van der Waals surface area contributed by atoms with Crippen LogP contribution in [0.1, 0.15) is 37.0 Å². The molecule has 2 fully saturated rings. The largest absolute Gasteiger partial charge is 0.480 e. The smallest absolute Gasteiger partial charge is 0.326 e. The van der Waals surface area contributed by atoms with E-state index in [1.165, 1.54) is 4.90 Å². The van der Waals surface area contributed by atoms with Crippen molar-refractivity contribution in [2.45, 2.75) is 37.9 Å². The Bertz CT molecular complexity index is 1290. The second kappa shape index (κ2) is 12.4. The molecule has 2 heterocycles. The molecule has 2 aliphatic rings. The van der Waals surface area contributed by atoms with E-state index in [4.69, 9.17) is 0 Å². The lowest BCUT2D eigenvalue weighted by molar-refractivity contribution is -0.143. The van der Waals surface area contributed by atoms with Gasteiger partial charge in [-0.05, 0) is 29.0 Å². The molecule has 8 nitrogen and oxygen atoms in total. The third-order valence-electron chi connectivity index (χ3n) is 8.58. The molecule has 2 unspecified atom stereocenters. The van der Waals surface area contributed by atoms with Crippen molar-refractivity contribution in [2.24, 2.45) is 5.92 Å². The van der Waals surface area contributed by atoms with Crippen LogP contribution in [0, 0.1) is 5.92 Å². The average Bonchev–Trinajstić information content (AvgIpc) is 3.83. The highest BCUT2D eigenvalue weighted by Crippen LogP contribution is 2.48. The number of hydrogen-bond donors (Lipinski definition) is 1. The lowest BCUT2D eigenvalue weighted by Gasteiger charge is -2.38. The van der Waals surface area contributed by atoms with Crippen molar-refractivity contribution in [3.63, 3.8) is 0 Å². The van der Waals surface area contributed by atoms with Crippen LogP contribution in [0.5, 0.6) is 0 Å². The van der Waals surface area contributed by atoms with Gasteiger partial charge in [0.05, 0.1) is 5.54 Å². The molecule has 0 aliphatic carbocycles. The van der Waals surface area contributed by atoms with Gasteiger partial charge in [0.1, 0.15) is 12.1 Å². The number of carboxylic acid groups (broad SMARTS) is 1. The summed E-state index contributed by atoms with van der Waals surface area (Å²) < 4.78 is 0. The summed E-state index contributed by atoms with van der Waals surface area (Å²) >= 11 is 0. The quantitative estimate of drug-likeness (QED) is 0.323. The molecule has 3 aromatic carbocycles. The van der Waals surface area contributed by atoms with E-state index >= 15 is 0 Å². The van der Waals surface area contributed by atoms with Gasteiger partial charge in [-0.25, -0.2) is 9.59 Å². The van der Waals surface area contributed by atoms with E-state index in [1.807, 2.05) is 59.5 Å². The van der Waals surface area contributed by atoms with E-state index < -0.39 is 17.6 Å². The minimum absolute atomic E-state index is 0.0652. The standard InChI is InChI=1S/C34H40N4O4/c1-25(2)30(32(40)41)35(3)33(42)37-21-13-20-36(22-23-37)31(39)29-24-38(29)34(26-14-7-4-8-15-26,27-16-9-5-10-17-27)28-18-11-6-12-19-28/h4-12,14-19,25,29-30H,13,20-24H2,1-3H3,(H,40,41)/t29?,30?,38-/m1/s1. The molecular formula is C34H40N4O4. The Labute approximate surface area is 248 Å². The van der Waals surface area contributed by atoms with Gasteiger partial charge in [0.2, 0.25) is 5.91 Å². The summed E-state index contributed by atoms with van der Waals surface area (Å²) in [4.78, 5) is 46.3. The molecule has 3 atom stereocenters. The zero-order valence-corrected chi connectivity index (χ0v) is 24.6. The third kappa shape index (κ3) is 5.51. The molecule has 42 heavy (non-hydrogen) atoms. The average molecular weight is 569 g/mol. The van der Waals surface area contributed by atoms with E-state index in [0.717, 1.165) is 16.7 Å². The van der Waals surface area contributed by atoms with E-state index in [-0.39, 0.29) is 23.9 Å². The maximum Gasteiger partial charge on any atom is 0.326 e. The Morgan fingerprint density at radius 2 is 1.21 bits per heavy atom. The summed E-state index contributed by atoms with van der Waals surface area (Å²) in [5.41, 5.74) is 2.67. The van der Waals surface area contributed by atoms with Crippen molar-refractivity contribution >= 4 is 17.9 Å². The Morgan fingerprint density at radius 1 is 0.762 bits per heavy atom. The van der Waals surface area contributed by atoms with Crippen molar-refractivity contribution in [1.29, 1.82) is 0 Å². The van der Waals surface area contributed by atoms with Gasteiger partial charge in [0, 0.05) is 39.8 Å². The van der Waals surface area contributed by atoms with Crippen LogP contribution in [0.2, 0.25) is 0 Å². The molecule has 0 saturated carbocycles. The van der Waals surface area contributed by atoms with E-state index in [1.54, 1.807) is 25.8 Å². The lowest BCUT2D eigenvalue weighted by Crippen LogP contribution is -2.52. The number of likely N-dealkylation sites (N-methyl/N-ethyl adjacent to an activating group) is 1. The molecule has 2 aliphatic heterocycles. The molecule has 0 aromatic heterocycles. The van der Waals surface area contributed by atoms with Gasteiger partial charge in [-0.15, -0.1) is 0 Å². The van der Waals surface area contributed by atoms with Crippen molar-refractivity contribution in [1.82, 2.24) is 19.6 Å². The van der Waals surface area contributed by atoms with Crippen LogP contribution < -0.4 is 0 Å². The predicted molar refractivity (Wildman–Crippen MR) is 162 cm³/mol. The lowest BCUT2D eigenvalue weighted by atomic mass is 9.76.